The molecule has 1 unspecified atom stereocenters. The van der Waals surface area contributed by atoms with Crippen LogP contribution in [0.3, 0.4) is 0 Å². The molecule has 0 aliphatic heterocycles. The van der Waals surface area contributed by atoms with Gasteiger partial charge in [-0.2, -0.15) is 0 Å². The molecule has 6 nitrogen and oxygen atoms in total. The molecule has 0 fully saturated rings. The average Bonchev–Trinajstić information content (AvgIpc) is 1.84. The molecule has 0 saturated heterocycles. The van der Waals surface area contributed by atoms with Gasteiger partial charge < -0.3 is 10.4 Å². The zero-order valence-corrected chi connectivity index (χ0v) is 7.47. The zero-order valence-electron chi connectivity index (χ0n) is 6.65. The summed E-state index contributed by atoms with van der Waals surface area (Å²) in [5.41, 5.74) is 0. The van der Waals surface area contributed by atoms with Crippen molar-refractivity contribution in [3.63, 3.8) is 0 Å². The van der Waals surface area contributed by atoms with Gasteiger partial charge in [-0.3, -0.25) is 4.79 Å². The number of rotatable bonds is 5. The molecule has 4 N–H and O–H groups in total. The lowest BCUT2D eigenvalue weighted by Crippen LogP contribution is -2.37. The second kappa shape index (κ2) is 4.39. The zero-order chi connectivity index (χ0) is 9.78. The summed E-state index contributed by atoms with van der Waals surface area (Å²) in [6.45, 7) is 1.47. The van der Waals surface area contributed by atoms with Crippen molar-refractivity contribution in [1.82, 2.24) is 5.32 Å². The predicted octanol–water partition coefficient (Wildman–Crippen LogP) is -1.66. The Morgan fingerprint density at radius 3 is 2.50 bits per heavy atom. The minimum Gasteiger partial charge on any atom is -0.480 e. The van der Waals surface area contributed by atoms with Crippen LogP contribution in [0.5, 0.6) is 0 Å². The van der Waals surface area contributed by atoms with Crippen molar-refractivity contribution >= 4 is 16.0 Å². The second-order valence-electron chi connectivity index (χ2n) is 2.38. The topological polar surface area (TPSA) is 109 Å². The molecule has 1 atom stereocenters. The number of nitrogens with one attached hydrogen (secondary N) is 1. The van der Waals surface area contributed by atoms with Gasteiger partial charge >= 0.3 is 5.97 Å². The normalized spacial score (nSPS) is 14.2. The molecule has 72 valence electrons. The van der Waals surface area contributed by atoms with Crippen LogP contribution in [0.2, 0.25) is 0 Å². The standard InChI is InChI=1S/C5H12N2O4S/c1-4(5(8)9)7-2-3-12(6,10)11/h4,7H,2-3H2,1H3,(H,8,9)(H2,6,10,11). The van der Waals surface area contributed by atoms with Crippen LogP contribution >= 0.6 is 0 Å². The Hall–Kier alpha value is -0.660. The molecule has 0 aromatic rings. The van der Waals surface area contributed by atoms with Gasteiger partial charge in [0.05, 0.1) is 5.75 Å². The first-order chi connectivity index (χ1) is 5.33. The maximum absolute atomic E-state index is 10.4. The smallest absolute Gasteiger partial charge is 0.320 e. The number of hydrogen-bond donors (Lipinski definition) is 3. The van der Waals surface area contributed by atoms with Gasteiger partial charge in [-0.25, -0.2) is 13.6 Å². The van der Waals surface area contributed by atoms with Crippen LogP contribution < -0.4 is 10.5 Å². The third kappa shape index (κ3) is 6.08. The van der Waals surface area contributed by atoms with E-state index in [0.717, 1.165) is 0 Å². The van der Waals surface area contributed by atoms with Gasteiger partial charge in [0.2, 0.25) is 10.0 Å². The quantitative estimate of drug-likeness (QED) is 0.487. The van der Waals surface area contributed by atoms with Crippen LogP contribution in [0.1, 0.15) is 6.92 Å². The summed E-state index contributed by atoms with van der Waals surface area (Å²) in [5, 5.41) is 15.5. The Kier molecular flexibility index (Phi) is 4.15. The lowest BCUT2D eigenvalue weighted by Gasteiger charge is -2.07. The number of nitrogens with two attached hydrogens (primary N) is 1. The fraction of sp³-hybridized carbons (Fsp3) is 0.800. The Morgan fingerprint density at radius 2 is 2.17 bits per heavy atom. The SMILES string of the molecule is CC(NCCS(N)(=O)=O)C(=O)O. The highest BCUT2D eigenvalue weighted by atomic mass is 32.2. The first kappa shape index (κ1) is 11.3. The van der Waals surface area contributed by atoms with Crippen molar-refractivity contribution in [3.05, 3.63) is 0 Å². The minimum absolute atomic E-state index is 0.0479. The van der Waals surface area contributed by atoms with Gasteiger partial charge in [0.1, 0.15) is 6.04 Å². The summed E-state index contributed by atoms with van der Waals surface area (Å²) in [5.74, 6) is -1.28. The number of carboxylic acids is 1. The number of carboxylic acid groups (broad SMARTS) is 1. The number of sulfonamides is 1. The van der Waals surface area contributed by atoms with Crippen molar-refractivity contribution in [2.75, 3.05) is 12.3 Å². The summed E-state index contributed by atoms with van der Waals surface area (Å²) < 4.78 is 20.7. The molecule has 0 aromatic carbocycles. The van der Waals surface area contributed by atoms with Crippen molar-refractivity contribution in [1.29, 1.82) is 0 Å². The molecule has 0 radical (unpaired) electrons. The molecule has 0 rings (SSSR count). The van der Waals surface area contributed by atoms with E-state index in [0.29, 0.717) is 0 Å². The average molecular weight is 196 g/mol. The summed E-state index contributed by atoms with van der Waals surface area (Å²) in [6, 6.07) is -0.758. The van der Waals surface area contributed by atoms with Crippen LogP contribution in [-0.2, 0) is 14.8 Å². The van der Waals surface area contributed by atoms with E-state index in [1.54, 1.807) is 0 Å². The Bertz CT molecular complexity index is 248. The molecule has 0 amide bonds. The monoisotopic (exact) mass is 196 g/mol. The molecule has 0 heterocycles. The van der Waals surface area contributed by atoms with E-state index in [4.69, 9.17) is 5.11 Å². The Labute approximate surface area is 70.8 Å². The summed E-state index contributed by atoms with van der Waals surface area (Å²) in [7, 11) is -3.50. The molecule has 0 aromatic heterocycles. The van der Waals surface area contributed by atoms with E-state index >= 15 is 0 Å². The van der Waals surface area contributed by atoms with E-state index in [1.165, 1.54) is 6.92 Å². The summed E-state index contributed by atoms with van der Waals surface area (Å²) in [6.07, 6.45) is 0. The van der Waals surface area contributed by atoms with E-state index in [9.17, 15) is 13.2 Å². The Morgan fingerprint density at radius 1 is 1.67 bits per heavy atom. The van der Waals surface area contributed by atoms with E-state index in [2.05, 4.69) is 10.5 Å². The first-order valence-corrected chi connectivity index (χ1v) is 5.01. The molecular weight excluding hydrogens is 184 g/mol. The van der Waals surface area contributed by atoms with E-state index < -0.39 is 22.0 Å². The van der Waals surface area contributed by atoms with Crippen molar-refractivity contribution < 1.29 is 18.3 Å². The number of aliphatic carboxylic acids is 1. The van der Waals surface area contributed by atoms with E-state index in [-0.39, 0.29) is 12.3 Å². The molecule has 0 saturated carbocycles. The van der Waals surface area contributed by atoms with Gasteiger partial charge in [0.15, 0.2) is 0 Å². The van der Waals surface area contributed by atoms with Crippen LogP contribution in [0.15, 0.2) is 0 Å². The lowest BCUT2D eigenvalue weighted by molar-refractivity contribution is -0.138. The highest BCUT2D eigenvalue weighted by Crippen LogP contribution is 1.81. The number of hydrogen-bond acceptors (Lipinski definition) is 4. The molecule has 0 aliphatic carbocycles. The highest BCUT2D eigenvalue weighted by Gasteiger charge is 2.10. The fourth-order valence-corrected chi connectivity index (χ4v) is 0.907. The van der Waals surface area contributed by atoms with Crippen LogP contribution in [0, 0.1) is 0 Å². The maximum Gasteiger partial charge on any atom is 0.320 e. The third-order valence-electron chi connectivity index (χ3n) is 1.21. The largest absolute Gasteiger partial charge is 0.480 e. The number of carbonyl (C=O) groups is 1. The summed E-state index contributed by atoms with van der Waals surface area (Å²) >= 11 is 0. The van der Waals surface area contributed by atoms with Gasteiger partial charge in [0.25, 0.3) is 0 Å². The predicted molar refractivity (Wildman–Crippen MR) is 43.1 cm³/mol. The van der Waals surface area contributed by atoms with E-state index in [1.807, 2.05) is 0 Å². The molecular formula is C5H12N2O4S. The van der Waals surface area contributed by atoms with Crippen LogP contribution in [0.4, 0.5) is 0 Å². The summed E-state index contributed by atoms with van der Waals surface area (Å²) in [4.78, 5) is 10.2. The van der Waals surface area contributed by atoms with Crippen molar-refractivity contribution in [2.45, 2.75) is 13.0 Å². The Balaban J connectivity index is 3.65. The van der Waals surface area contributed by atoms with Crippen molar-refractivity contribution in [3.8, 4) is 0 Å². The minimum atomic E-state index is -3.50. The van der Waals surface area contributed by atoms with Crippen molar-refractivity contribution in [2.24, 2.45) is 5.14 Å². The highest BCUT2D eigenvalue weighted by molar-refractivity contribution is 7.89. The number of primary sulfonamides is 1. The molecule has 0 bridgehead atoms. The van der Waals surface area contributed by atoms with Gasteiger partial charge in [-0.15, -0.1) is 0 Å². The van der Waals surface area contributed by atoms with Crippen LogP contribution in [-0.4, -0.2) is 37.8 Å². The fourth-order valence-electron chi connectivity index (χ4n) is 0.505. The molecule has 12 heavy (non-hydrogen) atoms. The molecule has 0 spiro atoms. The lowest BCUT2D eigenvalue weighted by atomic mass is 10.3. The van der Waals surface area contributed by atoms with Gasteiger partial charge in [-0.1, -0.05) is 0 Å². The first-order valence-electron chi connectivity index (χ1n) is 3.29. The third-order valence-corrected chi connectivity index (χ3v) is 1.98. The molecule has 0 aliphatic rings. The molecule has 7 heteroatoms. The van der Waals surface area contributed by atoms with Gasteiger partial charge in [0, 0.05) is 6.54 Å². The second-order valence-corrected chi connectivity index (χ2v) is 4.12. The maximum atomic E-state index is 10.4. The van der Waals surface area contributed by atoms with Gasteiger partial charge in [-0.05, 0) is 6.92 Å². The van der Waals surface area contributed by atoms with Crippen LogP contribution in [0.25, 0.3) is 0 Å².